The van der Waals surface area contributed by atoms with Gasteiger partial charge in [-0.1, -0.05) is 24.3 Å². The number of hydrogen-bond acceptors (Lipinski definition) is 4. The first-order valence-corrected chi connectivity index (χ1v) is 5.67. The van der Waals surface area contributed by atoms with Gasteiger partial charge in [-0.2, -0.15) is 0 Å². The Morgan fingerprint density at radius 2 is 1.67 bits per heavy atom. The molecule has 0 saturated heterocycles. The first-order chi connectivity index (χ1) is 8.59. The van der Waals surface area contributed by atoms with Crippen molar-refractivity contribution in [3.63, 3.8) is 0 Å². The van der Waals surface area contributed by atoms with E-state index in [1.165, 1.54) is 0 Å². The summed E-state index contributed by atoms with van der Waals surface area (Å²) in [5.41, 5.74) is 6.83. The molecule has 1 aliphatic rings. The lowest BCUT2D eigenvalue weighted by atomic mass is 9.88. The maximum absolute atomic E-state index is 12.2. The number of rotatable bonds is 1. The van der Waals surface area contributed by atoms with E-state index in [4.69, 9.17) is 10.2 Å². The Labute approximate surface area is 103 Å². The average Bonchev–Trinajstić information content (AvgIpc) is 2.81. The van der Waals surface area contributed by atoms with Crippen molar-refractivity contribution in [1.29, 1.82) is 0 Å². The van der Waals surface area contributed by atoms with Crippen LogP contribution in [0.15, 0.2) is 34.7 Å². The van der Waals surface area contributed by atoms with Gasteiger partial charge in [-0.25, -0.2) is 0 Å². The first kappa shape index (κ1) is 10.9. The van der Waals surface area contributed by atoms with Gasteiger partial charge in [0.25, 0.3) is 0 Å². The van der Waals surface area contributed by atoms with E-state index < -0.39 is 0 Å². The molecule has 1 atom stereocenters. The highest BCUT2D eigenvalue weighted by atomic mass is 16.4. The van der Waals surface area contributed by atoms with Gasteiger partial charge in [0, 0.05) is 11.1 Å². The standard InChI is InChI=1S/C14H11NO3/c1-7(15)11-6-10-12(16)8-4-2-3-5-9(8)13(17)14(10)18-11/h2-7H,15H2,1H3. The molecule has 0 aliphatic heterocycles. The minimum absolute atomic E-state index is 0.103. The topological polar surface area (TPSA) is 73.3 Å². The van der Waals surface area contributed by atoms with Gasteiger partial charge in [0.15, 0.2) is 11.5 Å². The fourth-order valence-corrected chi connectivity index (χ4v) is 2.12. The Morgan fingerprint density at radius 3 is 2.28 bits per heavy atom. The summed E-state index contributed by atoms with van der Waals surface area (Å²) in [6.07, 6.45) is 0. The van der Waals surface area contributed by atoms with Crippen molar-refractivity contribution >= 4 is 11.6 Å². The molecule has 0 spiro atoms. The van der Waals surface area contributed by atoms with Gasteiger partial charge < -0.3 is 10.2 Å². The van der Waals surface area contributed by atoms with Crippen molar-refractivity contribution in [3.8, 4) is 0 Å². The number of fused-ring (bicyclic) bond motifs is 2. The molecule has 1 unspecified atom stereocenters. The van der Waals surface area contributed by atoms with Crippen LogP contribution in [0.4, 0.5) is 0 Å². The van der Waals surface area contributed by atoms with Crippen LogP contribution in [0, 0.1) is 0 Å². The van der Waals surface area contributed by atoms with E-state index in [1.54, 1.807) is 37.3 Å². The van der Waals surface area contributed by atoms with E-state index in [0.717, 1.165) is 0 Å². The minimum atomic E-state index is -0.348. The summed E-state index contributed by atoms with van der Waals surface area (Å²) in [5, 5.41) is 0. The summed E-state index contributed by atoms with van der Waals surface area (Å²) in [6, 6.07) is 7.96. The van der Waals surface area contributed by atoms with Crippen LogP contribution in [0.1, 0.15) is 50.8 Å². The summed E-state index contributed by atoms with van der Waals surface area (Å²) < 4.78 is 5.41. The van der Waals surface area contributed by atoms with Crippen LogP contribution in [0.2, 0.25) is 0 Å². The summed E-state index contributed by atoms with van der Waals surface area (Å²) in [5.74, 6) is 0.114. The van der Waals surface area contributed by atoms with Crippen LogP contribution in [-0.4, -0.2) is 11.6 Å². The molecule has 0 fully saturated rings. The lowest BCUT2D eigenvalue weighted by Gasteiger charge is -2.11. The normalized spacial score (nSPS) is 15.2. The molecule has 3 rings (SSSR count). The molecule has 2 N–H and O–H groups in total. The Balaban J connectivity index is 2.24. The lowest BCUT2D eigenvalue weighted by Crippen LogP contribution is -2.18. The van der Waals surface area contributed by atoms with E-state index in [2.05, 4.69) is 0 Å². The van der Waals surface area contributed by atoms with Crippen molar-refractivity contribution in [2.75, 3.05) is 0 Å². The molecule has 0 radical (unpaired) electrons. The van der Waals surface area contributed by atoms with Crippen molar-refractivity contribution in [2.24, 2.45) is 5.73 Å². The molecule has 2 aromatic rings. The summed E-state index contributed by atoms with van der Waals surface area (Å²) >= 11 is 0. The number of carbonyl (C=O) groups excluding carboxylic acids is 2. The molecule has 0 saturated carbocycles. The van der Waals surface area contributed by atoms with Gasteiger partial charge in [-0.3, -0.25) is 9.59 Å². The fourth-order valence-electron chi connectivity index (χ4n) is 2.12. The highest BCUT2D eigenvalue weighted by molar-refractivity contribution is 6.27. The SMILES string of the molecule is CC(N)c1cc2c(o1)C(=O)c1ccccc1C2=O. The monoisotopic (exact) mass is 241 g/mol. The second-order valence-corrected chi connectivity index (χ2v) is 4.38. The highest BCUT2D eigenvalue weighted by Crippen LogP contribution is 2.30. The van der Waals surface area contributed by atoms with E-state index in [-0.39, 0.29) is 23.4 Å². The Bertz CT molecular complexity index is 615. The van der Waals surface area contributed by atoms with E-state index >= 15 is 0 Å². The molecule has 4 nitrogen and oxygen atoms in total. The average molecular weight is 241 g/mol. The summed E-state index contributed by atoms with van der Waals surface area (Å²) in [4.78, 5) is 24.4. The van der Waals surface area contributed by atoms with Crippen molar-refractivity contribution in [2.45, 2.75) is 13.0 Å². The van der Waals surface area contributed by atoms with Crippen LogP contribution < -0.4 is 5.73 Å². The van der Waals surface area contributed by atoms with E-state index in [1.807, 2.05) is 0 Å². The molecule has 1 aromatic carbocycles. The third-order valence-electron chi connectivity index (χ3n) is 3.07. The Morgan fingerprint density at radius 1 is 1.06 bits per heavy atom. The highest BCUT2D eigenvalue weighted by Gasteiger charge is 2.33. The van der Waals surface area contributed by atoms with Crippen LogP contribution in [-0.2, 0) is 0 Å². The van der Waals surface area contributed by atoms with Gasteiger partial charge >= 0.3 is 0 Å². The number of nitrogens with two attached hydrogens (primary N) is 1. The van der Waals surface area contributed by atoms with E-state index in [9.17, 15) is 9.59 Å². The first-order valence-electron chi connectivity index (χ1n) is 5.67. The Kier molecular flexibility index (Phi) is 2.21. The van der Waals surface area contributed by atoms with Crippen molar-refractivity contribution < 1.29 is 14.0 Å². The van der Waals surface area contributed by atoms with Crippen LogP contribution in [0.3, 0.4) is 0 Å². The third-order valence-corrected chi connectivity index (χ3v) is 3.07. The molecule has 18 heavy (non-hydrogen) atoms. The maximum Gasteiger partial charge on any atom is 0.229 e. The minimum Gasteiger partial charge on any atom is -0.455 e. The molecule has 4 heteroatoms. The number of furan rings is 1. The van der Waals surface area contributed by atoms with Crippen LogP contribution in [0.25, 0.3) is 0 Å². The largest absolute Gasteiger partial charge is 0.455 e. The van der Waals surface area contributed by atoms with Crippen LogP contribution in [0.5, 0.6) is 0 Å². The maximum atomic E-state index is 12.2. The molecular formula is C14H11NO3. The van der Waals surface area contributed by atoms with Gasteiger partial charge in [0.05, 0.1) is 11.6 Å². The number of hydrogen-bond donors (Lipinski definition) is 1. The second kappa shape index (κ2) is 3.65. The number of carbonyl (C=O) groups is 2. The molecular weight excluding hydrogens is 230 g/mol. The molecule has 0 amide bonds. The zero-order valence-corrected chi connectivity index (χ0v) is 9.77. The van der Waals surface area contributed by atoms with Gasteiger partial charge in [-0.05, 0) is 13.0 Å². The summed E-state index contributed by atoms with van der Waals surface area (Å²) in [7, 11) is 0. The number of benzene rings is 1. The predicted molar refractivity (Wildman–Crippen MR) is 64.6 cm³/mol. The zero-order valence-electron chi connectivity index (χ0n) is 9.77. The zero-order chi connectivity index (χ0) is 12.9. The molecule has 90 valence electrons. The van der Waals surface area contributed by atoms with Gasteiger partial charge in [0.2, 0.25) is 5.78 Å². The predicted octanol–water partition coefficient (Wildman–Crippen LogP) is 2.07. The van der Waals surface area contributed by atoms with Gasteiger partial charge in [0.1, 0.15) is 5.76 Å². The quantitative estimate of drug-likeness (QED) is 0.707. The van der Waals surface area contributed by atoms with Gasteiger partial charge in [-0.15, -0.1) is 0 Å². The van der Waals surface area contributed by atoms with Crippen molar-refractivity contribution in [1.82, 2.24) is 0 Å². The molecule has 1 heterocycles. The molecule has 1 aromatic heterocycles. The fraction of sp³-hybridized carbons (Fsp3) is 0.143. The van der Waals surface area contributed by atoms with E-state index in [0.29, 0.717) is 22.5 Å². The van der Waals surface area contributed by atoms with Crippen LogP contribution >= 0.6 is 0 Å². The molecule has 1 aliphatic carbocycles. The smallest absolute Gasteiger partial charge is 0.229 e. The Hall–Kier alpha value is -2.20. The second-order valence-electron chi connectivity index (χ2n) is 4.38. The summed E-state index contributed by atoms with van der Waals surface area (Å²) in [6.45, 7) is 1.74. The number of ketones is 2. The third kappa shape index (κ3) is 1.36. The lowest BCUT2D eigenvalue weighted by molar-refractivity contribution is 0.0959. The van der Waals surface area contributed by atoms with Crippen molar-refractivity contribution in [3.05, 3.63) is 58.5 Å². The molecule has 0 bridgehead atoms.